The Hall–Kier alpha value is -2.65. The van der Waals surface area contributed by atoms with E-state index in [1.807, 2.05) is 44.2 Å². The molecule has 0 radical (unpaired) electrons. The predicted octanol–water partition coefficient (Wildman–Crippen LogP) is 2.81. The fourth-order valence-electron chi connectivity index (χ4n) is 1.85. The summed E-state index contributed by atoms with van der Waals surface area (Å²) in [7, 11) is 0. The Bertz CT molecular complexity index is 655. The van der Waals surface area contributed by atoms with E-state index >= 15 is 0 Å². The molecule has 0 saturated heterocycles. The van der Waals surface area contributed by atoms with Crippen LogP contribution in [0.2, 0.25) is 0 Å². The lowest BCUT2D eigenvalue weighted by molar-refractivity contribution is -0.128. The van der Waals surface area contributed by atoms with Crippen LogP contribution in [0.4, 0.5) is 0 Å². The summed E-state index contributed by atoms with van der Waals surface area (Å²) < 4.78 is 5.61. The van der Waals surface area contributed by atoms with Gasteiger partial charge in [0.05, 0.1) is 6.54 Å². The largest absolute Gasteiger partial charge is 0.419 e. The third-order valence-corrected chi connectivity index (χ3v) is 2.93. The highest BCUT2D eigenvalue weighted by atomic mass is 16.4. The molecule has 0 N–H and O–H groups in total. The van der Waals surface area contributed by atoms with Crippen LogP contribution in [-0.4, -0.2) is 27.0 Å². The number of carbonyl (C=O) groups is 1. The van der Waals surface area contributed by atoms with Crippen LogP contribution in [0.25, 0.3) is 11.5 Å². The van der Waals surface area contributed by atoms with E-state index in [2.05, 4.69) is 22.5 Å². The van der Waals surface area contributed by atoms with Crippen LogP contribution >= 0.6 is 0 Å². The van der Waals surface area contributed by atoms with Gasteiger partial charge < -0.3 is 9.32 Å². The van der Waals surface area contributed by atoms with Crippen molar-refractivity contribution < 1.29 is 9.21 Å². The molecule has 1 aromatic carbocycles. The molecule has 0 unspecified atom stereocenters. The molecule has 5 nitrogen and oxygen atoms in total. The predicted molar refractivity (Wildman–Crippen MR) is 79.1 cm³/mol. The quantitative estimate of drug-likeness (QED) is 0.625. The first-order valence-corrected chi connectivity index (χ1v) is 6.66. The number of carbonyl (C=O) groups excluding carboxylic acids is 1. The molecule has 0 aliphatic carbocycles. The van der Waals surface area contributed by atoms with Gasteiger partial charge in [-0.3, -0.25) is 4.79 Å². The smallest absolute Gasteiger partial charge is 0.254 e. The lowest BCUT2D eigenvalue weighted by Gasteiger charge is -2.23. The number of hydrogen-bond donors (Lipinski definition) is 0. The average Bonchev–Trinajstić information content (AvgIpc) is 2.94. The minimum atomic E-state index is -0.181. The summed E-state index contributed by atoms with van der Waals surface area (Å²) in [6.07, 6.45) is 1.30. The van der Waals surface area contributed by atoms with E-state index in [0.717, 1.165) is 5.56 Å². The zero-order valence-corrected chi connectivity index (χ0v) is 12.1. The molecule has 0 atom stereocenters. The van der Waals surface area contributed by atoms with Crippen LogP contribution in [0, 0.1) is 0 Å². The topological polar surface area (TPSA) is 59.2 Å². The molecule has 0 saturated carbocycles. The molecular formula is C16H17N3O2. The van der Waals surface area contributed by atoms with E-state index in [4.69, 9.17) is 4.42 Å². The number of benzene rings is 1. The molecule has 0 bridgehead atoms. The van der Waals surface area contributed by atoms with Crippen molar-refractivity contribution in [1.29, 1.82) is 0 Å². The lowest BCUT2D eigenvalue weighted by atomic mass is 10.2. The first kappa shape index (κ1) is 14.8. The Morgan fingerprint density at radius 2 is 2.10 bits per heavy atom. The van der Waals surface area contributed by atoms with Gasteiger partial charge in [-0.1, -0.05) is 24.8 Å². The second-order valence-electron chi connectivity index (χ2n) is 4.78. The second kappa shape index (κ2) is 6.68. The van der Waals surface area contributed by atoms with Crippen molar-refractivity contribution in [2.75, 3.05) is 0 Å². The molecule has 5 heteroatoms. The van der Waals surface area contributed by atoms with E-state index in [-0.39, 0.29) is 18.5 Å². The van der Waals surface area contributed by atoms with Gasteiger partial charge in [0.25, 0.3) is 5.91 Å². The van der Waals surface area contributed by atoms with Gasteiger partial charge >= 0.3 is 0 Å². The second-order valence-corrected chi connectivity index (χ2v) is 4.78. The molecule has 1 heterocycles. The minimum Gasteiger partial charge on any atom is -0.419 e. The molecular weight excluding hydrogens is 266 g/mol. The summed E-state index contributed by atoms with van der Waals surface area (Å²) in [5.41, 5.74) is 3.34. The fraction of sp³-hybridized carbons (Fsp3) is 0.250. The third kappa shape index (κ3) is 3.68. The van der Waals surface area contributed by atoms with Gasteiger partial charge in [-0.05, 0) is 26.0 Å². The van der Waals surface area contributed by atoms with E-state index in [1.54, 1.807) is 4.90 Å². The van der Waals surface area contributed by atoms with Crippen LogP contribution in [-0.2, 0) is 11.3 Å². The van der Waals surface area contributed by atoms with Crippen molar-refractivity contribution in [3.05, 3.63) is 54.6 Å². The van der Waals surface area contributed by atoms with Crippen molar-refractivity contribution >= 4 is 5.91 Å². The van der Waals surface area contributed by atoms with Gasteiger partial charge in [-0.15, -0.1) is 15.9 Å². The highest BCUT2D eigenvalue weighted by molar-refractivity contribution is 5.87. The maximum Gasteiger partial charge on any atom is 0.254 e. The molecule has 1 aromatic heterocycles. The van der Waals surface area contributed by atoms with E-state index in [1.165, 1.54) is 6.08 Å². The van der Waals surface area contributed by atoms with Crippen LogP contribution in [0.15, 0.2) is 53.1 Å². The Morgan fingerprint density at radius 3 is 2.71 bits per heavy atom. The maximum atomic E-state index is 11.9. The molecule has 0 aliphatic rings. The molecule has 2 aromatic rings. The van der Waals surface area contributed by atoms with E-state index in [9.17, 15) is 4.79 Å². The molecule has 2 rings (SSSR count). The standard InChI is InChI=1S/C16H17N3O2/c1-4-8-15(20)19(12(2)3)11-14-17-18-16(21-14)13-9-6-5-7-10-13/h5-10,12H,1,11H2,2-3H3. The van der Waals surface area contributed by atoms with Gasteiger partial charge in [-0.2, -0.15) is 0 Å². The molecule has 0 aliphatic heterocycles. The number of rotatable bonds is 5. The van der Waals surface area contributed by atoms with Crippen LogP contribution in [0.5, 0.6) is 0 Å². The molecule has 21 heavy (non-hydrogen) atoms. The van der Waals surface area contributed by atoms with Gasteiger partial charge in [0, 0.05) is 17.7 Å². The van der Waals surface area contributed by atoms with Gasteiger partial charge in [0.2, 0.25) is 11.8 Å². The van der Waals surface area contributed by atoms with E-state index in [0.29, 0.717) is 11.8 Å². The van der Waals surface area contributed by atoms with Crippen LogP contribution in [0.1, 0.15) is 19.7 Å². The molecule has 0 fully saturated rings. The number of nitrogens with zero attached hydrogens (tertiary/aromatic N) is 3. The summed E-state index contributed by atoms with van der Waals surface area (Å²) in [6.45, 7) is 7.51. The Labute approximate surface area is 123 Å². The summed E-state index contributed by atoms with van der Waals surface area (Å²) in [4.78, 5) is 13.6. The zero-order chi connectivity index (χ0) is 15.2. The van der Waals surface area contributed by atoms with Crippen molar-refractivity contribution in [2.24, 2.45) is 0 Å². The Kier molecular flexibility index (Phi) is 4.69. The molecule has 108 valence electrons. The van der Waals surface area contributed by atoms with Gasteiger partial charge in [0.1, 0.15) is 0 Å². The highest BCUT2D eigenvalue weighted by Gasteiger charge is 2.18. The molecule has 0 spiro atoms. The van der Waals surface area contributed by atoms with Crippen molar-refractivity contribution in [2.45, 2.75) is 26.4 Å². The van der Waals surface area contributed by atoms with Crippen LogP contribution in [0.3, 0.4) is 0 Å². The summed E-state index contributed by atoms with van der Waals surface area (Å²) >= 11 is 0. The highest BCUT2D eigenvalue weighted by Crippen LogP contribution is 2.18. The number of amides is 1. The van der Waals surface area contributed by atoms with Crippen LogP contribution < -0.4 is 0 Å². The van der Waals surface area contributed by atoms with Crippen molar-refractivity contribution in [3.63, 3.8) is 0 Å². The first-order chi connectivity index (χ1) is 10.1. The first-order valence-electron chi connectivity index (χ1n) is 6.66. The maximum absolute atomic E-state index is 11.9. The normalized spacial score (nSPS) is 10.2. The Balaban J connectivity index is 2.17. The lowest BCUT2D eigenvalue weighted by Crippen LogP contribution is -2.35. The number of aromatic nitrogens is 2. The number of hydrogen-bond acceptors (Lipinski definition) is 4. The van der Waals surface area contributed by atoms with E-state index < -0.39 is 0 Å². The fourth-order valence-corrected chi connectivity index (χ4v) is 1.85. The molecule has 1 amide bonds. The zero-order valence-electron chi connectivity index (χ0n) is 12.1. The van der Waals surface area contributed by atoms with Gasteiger partial charge in [0.15, 0.2) is 0 Å². The van der Waals surface area contributed by atoms with Gasteiger partial charge in [-0.25, -0.2) is 0 Å². The van der Waals surface area contributed by atoms with Crippen molar-refractivity contribution in [1.82, 2.24) is 15.1 Å². The summed E-state index contributed by atoms with van der Waals surface area (Å²) in [5.74, 6) is 0.661. The average molecular weight is 283 g/mol. The third-order valence-electron chi connectivity index (χ3n) is 2.93. The Morgan fingerprint density at radius 1 is 1.38 bits per heavy atom. The summed E-state index contributed by atoms with van der Waals surface area (Å²) in [6, 6.07) is 9.51. The minimum absolute atomic E-state index is 0.00850. The summed E-state index contributed by atoms with van der Waals surface area (Å²) in [5, 5.41) is 8.01. The van der Waals surface area contributed by atoms with Crippen molar-refractivity contribution in [3.8, 4) is 11.5 Å². The SMILES string of the molecule is C=C=CC(=O)N(Cc1nnc(-c2ccccc2)o1)C(C)C. The monoisotopic (exact) mass is 283 g/mol.